The van der Waals surface area contributed by atoms with Crippen LogP contribution in [0.25, 0.3) is 16.5 Å². The van der Waals surface area contributed by atoms with Gasteiger partial charge in [-0.1, -0.05) is 57.2 Å². The summed E-state index contributed by atoms with van der Waals surface area (Å²) in [6, 6.07) is 8.62. The first-order valence-corrected chi connectivity index (χ1v) is 14.0. The maximum atomic E-state index is 3.95. The van der Waals surface area contributed by atoms with Crippen LogP contribution in [-0.2, 0) is 0 Å². The third-order valence-corrected chi connectivity index (χ3v) is 8.66. The predicted molar refractivity (Wildman–Crippen MR) is 153 cm³/mol. The molecule has 1 N–H and O–H groups in total. The number of aromatic nitrogens is 1. The van der Waals surface area contributed by atoms with Gasteiger partial charge in [0.25, 0.3) is 0 Å². The van der Waals surface area contributed by atoms with E-state index in [0.29, 0.717) is 17.9 Å². The Bertz CT molecular complexity index is 1040. The van der Waals surface area contributed by atoms with E-state index in [4.69, 9.17) is 0 Å². The summed E-state index contributed by atoms with van der Waals surface area (Å²) in [4.78, 5) is 9.14. The van der Waals surface area contributed by atoms with Gasteiger partial charge in [0.05, 0.1) is 0 Å². The Labute approximate surface area is 214 Å². The molecule has 3 heteroatoms. The summed E-state index contributed by atoms with van der Waals surface area (Å²) in [7, 11) is 0. The summed E-state index contributed by atoms with van der Waals surface area (Å²) in [5.74, 6) is 1.26. The van der Waals surface area contributed by atoms with Crippen LogP contribution in [0.1, 0.15) is 82.5 Å². The molecule has 0 radical (unpaired) electrons. The van der Waals surface area contributed by atoms with Crippen LogP contribution in [0, 0.1) is 12.8 Å². The fourth-order valence-corrected chi connectivity index (χ4v) is 6.01. The van der Waals surface area contributed by atoms with Crippen LogP contribution in [0.3, 0.4) is 0 Å². The van der Waals surface area contributed by atoms with Crippen molar-refractivity contribution in [2.24, 2.45) is 5.92 Å². The number of rotatable bonds is 8. The van der Waals surface area contributed by atoms with Crippen LogP contribution in [0.5, 0.6) is 0 Å². The number of piperidine rings is 2. The molecule has 2 saturated heterocycles. The minimum absolute atomic E-state index is 0.577. The van der Waals surface area contributed by atoms with Gasteiger partial charge in [-0.2, -0.15) is 0 Å². The van der Waals surface area contributed by atoms with Crippen LogP contribution in [0.4, 0.5) is 0 Å². The predicted octanol–water partition coefficient (Wildman–Crippen LogP) is 7.70. The van der Waals surface area contributed by atoms with Crippen molar-refractivity contribution < 1.29 is 0 Å². The molecule has 1 aromatic heterocycles. The standard InChI is InChI=1S/C32H47N3/c1-7-9-27(11-10-24(5)8-2)32-25(6)30-22-28(12-13-31(30)33-32)26-14-18-35(19-15-26)29-16-20-34(21-17-29)23(3)4/h7,9-13,22-24,26,29,33H,1,8,14-21H2,2-6H3/b11-10-,27-9+. The fourth-order valence-electron chi connectivity index (χ4n) is 6.01. The number of likely N-dealkylation sites (tertiary alicyclic amines) is 2. The van der Waals surface area contributed by atoms with Gasteiger partial charge in [0.2, 0.25) is 0 Å². The molecule has 3 heterocycles. The number of hydrogen-bond donors (Lipinski definition) is 1. The van der Waals surface area contributed by atoms with Crippen molar-refractivity contribution in [2.45, 2.75) is 84.7 Å². The lowest BCUT2D eigenvalue weighted by molar-refractivity contribution is 0.0753. The molecule has 2 aliphatic heterocycles. The Hall–Kier alpha value is -2.10. The SMILES string of the molecule is C=C/C=C(\C=C/C(C)CC)c1[nH]c2ccc(C3CCN(C4CCN(C(C)C)CC4)CC3)cc2c1C. The number of nitrogens with zero attached hydrogens (tertiary/aromatic N) is 2. The van der Waals surface area contributed by atoms with Gasteiger partial charge in [-0.25, -0.2) is 0 Å². The highest BCUT2D eigenvalue weighted by Gasteiger charge is 2.29. The summed E-state index contributed by atoms with van der Waals surface area (Å²) in [6.45, 7) is 20.4. The molecular weight excluding hydrogens is 426 g/mol. The zero-order chi connectivity index (χ0) is 24.9. The van der Waals surface area contributed by atoms with Crippen molar-refractivity contribution in [2.75, 3.05) is 26.2 Å². The molecule has 1 unspecified atom stereocenters. The lowest BCUT2D eigenvalue weighted by Gasteiger charge is -2.42. The molecule has 2 aromatic rings. The zero-order valence-electron chi connectivity index (χ0n) is 22.8. The molecule has 0 saturated carbocycles. The van der Waals surface area contributed by atoms with Gasteiger partial charge >= 0.3 is 0 Å². The maximum Gasteiger partial charge on any atom is 0.0494 e. The number of H-pyrrole nitrogens is 1. The summed E-state index contributed by atoms with van der Waals surface area (Å²) in [5, 5.41) is 1.37. The van der Waals surface area contributed by atoms with E-state index in [9.17, 15) is 0 Å². The van der Waals surface area contributed by atoms with Gasteiger partial charge in [-0.05, 0) is 113 Å². The number of benzene rings is 1. The average molecular weight is 474 g/mol. The quantitative estimate of drug-likeness (QED) is 0.397. The summed E-state index contributed by atoms with van der Waals surface area (Å²) >= 11 is 0. The first-order valence-electron chi connectivity index (χ1n) is 14.0. The van der Waals surface area contributed by atoms with Gasteiger partial charge in [-0.15, -0.1) is 0 Å². The van der Waals surface area contributed by atoms with E-state index in [2.05, 4.69) is 92.4 Å². The Morgan fingerprint density at radius 2 is 1.80 bits per heavy atom. The largest absolute Gasteiger partial charge is 0.354 e. The Morgan fingerprint density at radius 3 is 2.43 bits per heavy atom. The second-order valence-corrected chi connectivity index (χ2v) is 11.2. The minimum atomic E-state index is 0.577. The summed E-state index contributed by atoms with van der Waals surface area (Å²) < 4.78 is 0. The lowest BCUT2D eigenvalue weighted by atomic mass is 9.87. The number of aryl methyl sites for hydroxylation is 1. The normalized spacial score (nSPS) is 20.9. The first kappa shape index (κ1) is 26.0. The van der Waals surface area contributed by atoms with Crippen molar-refractivity contribution in [1.29, 1.82) is 0 Å². The zero-order valence-corrected chi connectivity index (χ0v) is 22.8. The molecule has 4 rings (SSSR count). The number of allylic oxidation sites excluding steroid dienone is 5. The highest BCUT2D eigenvalue weighted by atomic mass is 15.2. The Balaban J connectivity index is 1.45. The van der Waals surface area contributed by atoms with Crippen LogP contribution >= 0.6 is 0 Å². The molecule has 0 amide bonds. The molecule has 0 aliphatic carbocycles. The first-order chi connectivity index (χ1) is 16.9. The lowest BCUT2D eigenvalue weighted by Crippen LogP contribution is -2.48. The van der Waals surface area contributed by atoms with Crippen molar-refractivity contribution >= 4 is 16.5 Å². The van der Waals surface area contributed by atoms with Crippen molar-refractivity contribution in [3.8, 4) is 0 Å². The minimum Gasteiger partial charge on any atom is -0.354 e. The van der Waals surface area contributed by atoms with Gasteiger partial charge in [0, 0.05) is 28.7 Å². The average Bonchev–Trinajstić information content (AvgIpc) is 3.22. The number of nitrogens with one attached hydrogen (secondary N) is 1. The maximum absolute atomic E-state index is 3.95. The van der Waals surface area contributed by atoms with Gasteiger partial charge in [0.15, 0.2) is 0 Å². The molecule has 1 atom stereocenters. The fraction of sp³-hybridized carbons (Fsp3) is 0.562. The second-order valence-electron chi connectivity index (χ2n) is 11.2. The molecule has 0 bridgehead atoms. The molecule has 2 aliphatic rings. The number of fused-ring (bicyclic) bond motifs is 1. The van der Waals surface area contributed by atoms with E-state index in [1.54, 1.807) is 0 Å². The third kappa shape index (κ3) is 6.01. The molecular formula is C32H47N3. The summed E-state index contributed by atoms with van der Waals surface area (Å²) in [5.41, 5.74) is 6.54. The highest BCUT2D eigenvalue weighted by Crippen LogP contribution is 2.35. The van der Waals surface area contributed by atoms with E-state index in [-0.39, 0.29) is 0 Å². The molecule has 3 nitrogen and oxygen atoms in total. The van der Waals surface area contributed by atoms with Gasteiger partial charge in [-0.3, -0.25) is 0 Å². The van der Waals surface area contributed by atoms with Crippen LogP contribution in [0.2, 0.25) is 0 Å². The summed E-state index contributed by atoms with van der Waals surface area (Å²) in [6.07, 6.45) is 15.0. The monoisotopic (exact) mass is 473 g/mol. The van der Waals surface area contributed by atoms with Gasteiger partial charge < -0.3 is 14.8 Å². The third-order valence-electron chi connectivity index (χ3n) is 8.66. The highest BCUT2D eigenvalue weighted by molar-refractivity contribution is 5.91. The number of aromatic amines is 1. The molecule has 0 spiro atoms. The smallest absolute Gasteiger partial charge is 0.0494 e. The van der Waals surface area contributed by atoms with E-state index >= 15 is 0 Å². The Kier molecular flexibility index (Phi) is 8.73. The van der Waals surface area contributed by atoms with E-state index in [1.807, 2.05) is 6.08 Å². The van der Waals surface area contributed by atoms with Crippen LogP contribution in [0.15, 0.2) is 49.1 Å². The molecule has 1 aromatic carbocycles. The Morgan fingerprint density at radius 1 is 1.09 bits per heavy atom. The van der Waals surface area contributed by atoms with E-state index in [1.165, 1.54) is 85.2 Å². The number of hydrogen-bond acceptors (Lipinski definition) is 2. The molecule has 190 valence electrons. The molecule has 2 fully saturated rings. The topological polar surface area (TPSA) is 22.3 Å². The van der Waals surface area contributed by atoms with E-state index < -0.39 is 0 Å². The van der Waals surface area contributed by atoms with E-state index in [0.717, 1.165) is 12.5 Å². The van der Waals surface area contributed by atoms with Crippen molar-refractivity contribution in [3.63, 3.8) is 0 Å². The van der Waals surface area contributed by atoms with Crippen LogP contribution < -0.4 is 0 Å². The van der Waals surface area contributed by atoms with Crippen molar-refractivity contribution in [3.05, 3.63) is 65.9 Å². The van der Waals surface area contributed by atoms with Crippen molar-refractivity contribution in [1.82, 2.24) is 14.8 Å². The second kappa shape index (κ2) is 11.8. The van der Waals surface area contributed by atoms with Gasteiger partial charge in [0.1, 0.15) is 0 Å². The van der Waals surface area contributed by atoms with Crippen LogP contribution in [-0.4, -0.2) is 53.0 Å². The molecule has 35 heavy (non-hydrogen) atoms.